The van der Waals surface area contributed by atoms with Gasteiger partial charge in [0.15, 0.2) is 0 Å². The molecule has 3 aliphatic rings. The lowest BCUT2D eigenvalue weighted by atomic mass is 9.92. The number of sulfonamides is 1. The number of rotatable bonds is 10. The van der Waals surface area contributed by atoms with Gasteiger partial charge in [-0.15, -0.1) is 4.40 Å². The zero-order valence-electron chi connectivity index (χ0n) is 27.7. The van der Waals surface area contributed by atoms with Gasteiger partial charge in [-0.25, -0.2) is 4.79 Å². The van der Waals surface area contributed by atoms with Gasteiger partial charge in [-0.05, 0) is 55.2 Å². The third-order valence-electron chi connectivity index (χ3n) is 9.35. The number of carbonyl (C=O) groups is 2. The standard InChI is InChI=1S/C35H41N5O7S/c1-6-46-34-36-28-12-9-11-27(32(41)42)30(28)40(34)19-23-14-15-25(24(18-23)20-39-17-16-35(4,5)33(39)43)26-10-7-8-13-29(26)48(44,45)38-31-21(2)22(3)37-47-31/h7-15,18,21-22,34,36-37H,6,16-17,19-20H2,1-5H3,(H,41,42)/t21?,22-,34?/m0/s1. The third-order valence-corrected chi connectivity index (χ3v) is 10.7. The van der Waals surface area contributed by atoms with E-state index in [0.717, 1.165) is 11.1 Å². The maximum absolute atomic E-state index is 13.8. The van der Waals surface area contributed by atoms with Gasteiger partial charge < -0.3 is 29.8 Å². The summed E-state index contributed by atoms with van der Waals surface area (Å²) in [6.07, 6.45) is 0.107. The first-order chi connectivity index (χ1) is 22.8. The molecule has 12 nitrogen and oxygen atoms in total. The zero-order chi connectivity index (χ0) is 34.4. The second-order valence-corrected chi connectivity index (χ2v) is 14.7. The summed E-state index contributed by atoms with van der Waals surface area (Å²) in [7, 11) is -4.19. The predicted octanol–water partition coefficient (Wildman–Crippen LogP) is 5.21. The van der Waals surface area contributed by atoms with Gasteiger partial charge in [-0.3, -0.25) is 4.79 Å². The van der Waals surface area contributed by atoms with Crippen LogP contribution in [-0.4, -0.2) is 61.7 Å². The number of benzene rings is 3. The number of hydrogen-bond donors (Lipinski definition) is 3. The van der Waals surface area contributed by atoms with E-state index in [9.17, 15) is 23.1 Å². The number of para-hydroxylation sites is 1. The Bertz CT molecular complexity index is 1890. The molecule has 0 spiro atoms. The molecule has 2 unspecified atom stereocenters. The van der Waals surface area contributed by atoms with Crippen molar-refractivity contribution >= 4 is 39.2 Å². The van der Waals surface area contributed by atoms with E-state index in [-0.39, 0.29) is 47.3 Å². The summed E-state index contributed by atoms with van der Waals surface area (Å²) < 4.78 is 37.6. The van der Waals surface area contributed by atoms with Crippen molar-refractivity contribution in [3.05, 3.63) is 77.4 Å². The van der Waals surface area contributed by atoms with Crippen molar-refractivity contribution in [1.82, 2.24) is 10.4 Å². The van der Waals surface area contributed by atoms with E-state index in [0.29, 0.717) is 42.1 Å². The normalized spacial score (nSPS) is 22.6. The Labute approximate surface area is 280 Å². The van der Waals surface area contributed by atoms with E-state index in [2.05, 4.69) is 15.2 Å². The number of nitrogens with zero attached hydrogens (tertiary/aromatic N) is 3. The highest BCUT2D eigenvalue weighted by Crippen LogP contribution is 2.41. The number of aromatic carboxylic acids is 1. The molecule has 0 bridgehead atoms. The number of anilines is 2. The second-order valence-electron chi connectivity index (χ2n) is 13.1. The predicted molar refractivity (Wildman–Crippen MR) is 182 cm³/mol. The maximum Gasteiger partial charge on any atom is 0.337 e. The van der Waals surface area contributed by atoms with Gasteiger partial charge in [0, 0.05) is 37.2 Å². The molecule has 6 rings (SSSR count). The molecular weight excluding hydrogens is 634 g/mol. The molecule has 3 atom stereocenters. The SMILES string of the molecule is CCOC1Nc2cccc(C(=O)O)c2N1Cc1ccc(-c2ccccc2S(=O)(=O)N=C2ON[C@@H](C)C2C)c(CN2CCC(C)(C)C2=O)c1. The van der Waals surface area contributed by atoms with Crippen LogP contribution in [0.4, 0.5) is 11.4 Å². The average molecular weight is 676 g/mol. The van der Waals surface area contributed by atoms with E-state index in [1.165, 1.54) is 6.07 Å². The molecular formula is C35H41N5O7S. The molecule has 0 aromatic heterocycles. The van der Waals surface area contributed by atoms with Gasteiger partial charge >= 0.3 is 5.97 Å². The fourth-order valence-corrected chi connectivity index (χ4v) is 7.66. The zero-order valence-corrected chi connectivity index (χ0v) is 28.5. The van der Waals surface area contributed by atoms with Crippen LogP contribution in [0.25, 0.3) is 11.1 Å². The summed E-state index contributed by atoms with van der Waals surface area (Å²) in [6, 6.07) is 17.4. The Kier molecular flexibility index (Phi) is 8.96. The molecule has 3 heterocycles. The van der Waals surface area contributed by atoms with E-state index in [1.54, 1.807) is 35.2 Å². The molecule has 254 valence electrons. The Morgan fingerprint density at radius 1 is 1.08 bits per heavy atom. The largest absolute Gasteiger partial charge is 0.478 e. The van der Waals surface area contributed by atoms with E-state index in [4.69, 9.17) is 9.57 Å². The maximum atomic E-state index is 13.8. The minimum absolute atomic E-state index is 0.0233. The Morgan fingerprint density at radius 2 is 1.85 bits per heavy atom. The lowest BCUT2D eigenvalue weighted by Gasteiger charge is -2.28. The van der Waals surface area contributed by atoms with E-state index >= 15 is 0 Å². The number of likely N-dealkylation sites (tertiary alicyclic amines) is 1. The van der Waals surface area contributed by atoms with Crippen LogP contribution in [0.1, 0.15) is 62.5 Å². The Hall–Kier alpha value is -4.46. The molecule has 3 aromatic carbocycles. The van der Waals surface area contributed by atoms with Gasteiger partial charge in [0.1, 0.15) is 0 Å². The minimum atomic E-state index is -4.19. The lowest BCUT2D eigenvalue weighted by Crippen LogP contribution is -2.38. The van der Waals surface area contributed by atoms with Crippen molar-refractivity contribution in [3.63, 3.8) is 0 Å². The number of ether oxygens (including phenoxy) is 1. The van der Waals surface area contributed by atoms with Crippen molar-refractivity contribution in [1.29, 1.82) is 0 Å². The van der Waals surface area contributed by atoms with Crippen LogP contribution in [-0.2, 0) is 37.5 Å². The van der Waals surface area contributed by atoms with Crippen LogP contribution >= 0.6 is 0 Å². The van der Waals surface area contributed by atoms with E-state index < -0.39 is 27.8 Å². The molecule has 2 fully saturated rings. The molecule has 3 aliphatic heterocycles. The van der Waals surface area contributed by atoms with Gasteiger partial charge in [-0.2, -0.15) is 13.9 Å². The highest BCUT2D eigenvalue weighted by molar-refractivity contribution is 7.90. The van der Waals surface area contributed by atoms with Crippen LogP contribution in [0.3, 0.4) is 0 Å². The summed E-state index contributed by atoms with van der Waals surface area (Å²) in [5.41, 5.74) is 6.28. The van der Waals surface area contributed by atoms with Crippen molar-refractivity contribution < 1.29 is 32.7 Å². The number of hydroxylamine groups is 1. The summed E-state index contributed by atoms with van der Waals surface area (Å²) in [6.45, 7) is 11.0. The van der Waals surface area contributed by atoms with Gasteiger partial charge in [-0.1, -0.05) is 63.2 Å². The van der Waals surface area contributed by atoms with Gasteiger partial charge in [0.25, 0.3) is 10.0 Å². The fourth-order valence-electron chi connectivity index (χ4n) is 6.41. The monoisotopic (exact) mass is 675 g/mol. The number of amides is 1. The van der Waals surface area contributed by atoms with Crippen molar-refractivity contribution in [2.24, 2.45) is 15.7 Å². The molecule has 2 saturated heterocycles. The lowest BCUT2D eigenvalue weighted by molar-refractivity contribution is -0.135. The quantitative estimate of drug-likeness (QED) is 0.261. The summed E-state index contributed by atoms with van der Waals surface area (Å²) in [5.74, 6) is -1.16. The Morgan fingerprint density at radius 3 is 2.52 bits per heavy atom. The van der Waals surface area contributed by atoms with E-state index in [1.807, 2.05) is 63.8 Å². The first-order valence-electron chi connectivity index (χ1n) is 16.1. The molecule has 1 amide bonds. The second kappa shape index (κ2) is 12.9. The molecule has 3 N–H and O–H groups in total. The smallest absolute Gasteiger partial charge is 0.337 e. The van der Waals surface area contributed by atoms with Crippen molar-refractivity contribution in [2.45, 2.75) is 71.4 Å². The Balaban J connectivity index is 1.43. The van der Waals surface area contributed by atoms with Crippen LogP contribution in [0.15, 0.2) is 70.0 Å². The highest BCUT2D eigenvalue weighted by atomic mass is 32.2. The topological polar surface area (TPSA) is 150 Å². The average Bonchev–Trinajstić information content (AvgIpc) is 3.65. The summed E-state index contributed by atoms with van der Waals surface area (Å²) >= 11 is 0. The first-order valence-corrected chi connectivity index (χ1v) is 17.5. The highest BCUT2D eigenvalue weighted by Gasteiger charge is 2.39. The molecule has 3 aromatic rings. The van der Waals surface area contributed by atoms with Crippen molar-refractivity contribution in [2.75, 3.05) is 23.4 Å². The van der Waals surface area contributed by atoms with Crippen LogP contribution in [0, 0.1) is 11.3 Å². The van der Waals surface area contributed by atoms with Crippen LogP contribution in [0.5, 0.6) is 0 Å². The van der Waals surface area contributed by atoms with Crippen molar-refractivity contribution in [3.8, 4) is 11.1 Å². The van der Waals surface area contributed by atoms with Crippen LogP contribution < -0.4 is 15.7 Å². The minimum Gasteiger partial charge on any atom is -0.478 e. The van der Waals surface area contributed by atoms with Gasteiger partial charge in [0.05, 0.1) is 33.8 Å². The molecule has 0 saturated carbocycles. The number of hydrogen-bond acceptors (Lipinski definition) is 9. The number of carbonyl (C=O) groups excluding carboxylic acids is 1. The number of nitrogens with one attached hydrogen (secondary N) is 2. The van der Waals surface area contributed by atoms with Crippen LogP contribution in [0.2, 0.25) is 0 Å². The number of carboxylic acid groups (broad SMARTS) is 1. The van der Waals surface area contributed by atoms with Gasteiger partial charge in [0.2, 0.25) is 18.2 Å². The molecule has 0 radical (unpaired) electrons. The first kappa shape index (κ1) is 33.4. The molecule has 0 aliphatic carbocycles. The summed E-state index contributed by atoms with van der Waals surface area (Å²) in [4.78, 5) is 34.7. The molecule has 13 heteroatoms. The third kappa shape index (κ3) is 6.25. The number of fused-ring (bicyclic) bond motifs is 1. The molecule has 48 heavy (non-hydrogen) atoms. The number of carboxylic acids is 1. The summed E-state index contributed by atoms with van der Waals surface area (Å²) in [5, 5.41) is 13.3. The fraction of sp³-hybridized carbons (Fsp3) is 0.400.